The van der Waals surface area contributed by atoms with Gasteiger partial charge in [0.25, 0.3) is 5.91 Å². The fraction of sp³-hybridized carbons (Fsp3) is 0.0714. The Bertz CT molecular complexity index is 663. The van der Waals surface area contributed by atoms with E-state index in [1.807, 2.05) is 0 Å². The normalized spacial score (nSPS) is 10.0. The number of ether oxygens (including phenoxy) is 1. The highest BCUT2D eigenvalue weighted by Crippen LogP contribution is 2.14. The minimum absolute atomic E-state index is 0.193. The predicted octanol–water partition coefficient (Wildman–Crippen LogP) is 2.16. The summed E-state index contributed by atoms with van der Waals surface area (Å²) in [5.41, 5.74) is -0.00269. The van der Waals surface area contributed by atoms with Crippen LogP contribution in [0.2, 0.25) is 0 Å². The lowest BCUT2D eigenvalue weighted by molar-refractivity contribution is -0.119. The minimum Gasteiger partial charge on any atom is -0.452 e. The number of rotatable bonds is 4. The van der Waals surface area contributed by atoms with E-state index in [0.29, 0.717) is 6.07 Å². The summed E-state index contributed by atoms with van der Waals surface area (Å²) < 4.78 is 30.7. The van der Waals surface area contributed by atoms with E-state index in [1.54, 1.807) is 6.07 Å². The molecule has 5 nitrogen and oxygen atoms in total. The van der Waals surface area contributed by atoms with Crippen LogP contribution in [0.3, 0.4) is 0 Å². The maximum Gasteiger partial charge on any atom is 0.340 e. The summed E-state index contributed by atoms with van der Waals surface area (Å²) in [5.74, 6) is -3.13. The molecule has 1 N–H and O–H groups in total. The fourth-order valence-corrected chi connectivity index (χ4v) is 1.48. The van der Waals surface area contributed by atoms with Crippen LogP contribution in [0.5, 0.6) is 0 Å². The third-order valence-electron chi connectivity index (χ3n) is 2.44. The monoisotopic (exact) mass is 292 g/mol. The second-order valence-electron chi connectivity index (χ2n) is 3.99. The maximum atomic E-state index is 13.3. The molecule has 0 atom stereocenters. The van der Waals surface area contributed by atoms with Gasteiger partial charge in [-0.2, -0.15) is 0 Å². The van der Waals surface area contributed by atoms with E-state index in [0.717, 1.165) is 12.1 Å². The highest BCUT2D eigenvalue weighted by atomic mass is 19.1. The summed E-state index contributed by atoms with van der Waals surface area (Å²) in [7, 11) is 0. The van der Waals surface area contributed by atoms with Gasteiger partial charge >= 0.3 is 5.97 Å². The average molecular weight is 292 g/mol. The number of esters is 1. The van der Waals surface area contributed by atoms with Gasteiger partial charge in [-0.25, -0.2) is 13.6 Å². The molecule has 0 bridgehead atoms. The first kappa shape index (κ1) is 14.6. The van der Waals surface area contributed by atoms with Gasteiger partial charge in [0.2, 0.25) is 0 Å². The summed E-state index contributed by atoms with van der Waals surface area (Å²) in [5, 5.41) is 2.17. The molecule has 108 valence electrons. The third-order valence-corrected chi connectivity index (χ3v) is 2.44. The summed E-state index contributed by atoms with van der Waals surface area (Å²) in [6.45, 7) is -0.593. The largest absolute Gasteiger partial charge is 0.452 e. The molecule has 1 heterocycles. The molecule has 2 aromatic rings. The Labute approximate surface area is 118 Å². The smallest absolute Gasteiger partial charge is 0.340 e. The molecule has 0 aliphatic heterocycles. The van der Waals surface area contributed by atoms with Crippen LogP contribution < -0.4 is 5.32 Å². The second kappa shape index (κ2) is 6.56. The van der Waals surface area contributed by atoms with Crippen molar-refractivity contribution in [2.45, 2.75) is 0 Å². The standard InChI is InChI=1S/C14H10F2N2O3/c15-10-3-4-12(11(16)6-10)18-13(19)8-21-14(20)9-2-1-5-17-7-9/h1-7H,8H2,(H,18,19). The number of carbonyl (C=O) groups is 2. The Morgan fingerprint density at radius 3 is 2.71 bits per heavy atom. The van der Waals surface area contributed by atoms with Crippen LogP contribution in [-0.2, 0) is 9.53 Å². The molecular formula is C14H10F2N2O3. The summed E-state index contributed by atoms with van der Waals surface area (Å²) in [6, 6.07) is 5.74. The zero-order valence-electron chi connectivity index (χ0n) is 10.7. The molecule has 1 aromatic carbocycles. The van der Waals surface area contributed by atoms with Crippen LogP contribution >= 0.6 is 0 Å². The van der Waals surface area contributed by atoms with Crippen molar-refractivity contribution in [3.05, 3.63) is 59.9 Å². The highest BCUT2D eigenvalue weighted by Gasteiger charge is 2.12. The molecule has 1 aromatic heterocycles. The van der Waals surface area contributed by atoms with Gasteiger partial charge in [-0.1, -0.05) is 0 Å². The van der Waals surface area contributed by atoms with E-state index in [2.05, 4.69) is 10.3 Å². The first-order valence-electron chi connectivity index (χ1n) is 5.88. The summed E-state index contributed by atoms with van der Waals surface area (Å²) >= 11 is 0. The summed E-state index contributed by atoms with van der Waals surface area (Å²) in [6.07, 6.45) is 2.78. The van der Waals surface area contributed by atoms with Crippen molar-refractivity contribution in [1.82, 2.24) is 4.98 Å². The number of pyridine rings is 1. The van der Waals surface area contributed by atoms with Crippen LogP contribution in [0, 0.1) is 11.6 Å². The van der Waals surface area contributed by atoms with Crippen molar-refractivity contribution in [2.75, 3.05) is 11.9 Å². The number of amides is 1. The van der Waals surface area contributed by atoms with Gasteiger partial charge in [-0.15, -0.1) is 0 Å². The Balaban J connectivity index is 1.89. The van der Waals surface area contributed by atoms with Crippen molar-refractivity contribution in [2.24, 2.45) is 0 Å². The van der Waals surface area contributed by atoms with Crippen molar-refractivity contribution in [3.8, 4) is 0 Å². The number of carbonyl (C=O) groups excluding carboxylic acids is 2. The zero-order chi connectivity index (χ0) is 15.2. The van der Waals surface area contributed by atoms with E-state index in [-0.39, 0.29) is 11.3 Å². The molecule has 0 unspecified atom stereocenters. The van der Waals surface area contributed by atoms with Gasteiger partial charge in [-0.3, -0.25) is 9.78 Å². The Morgan fingerprint density at radius 2 is 2.05 bits per heavy atom. The molecule has 21 heavy (non-hydrogen) atoms. The van der Waals surface area contributed by atoms with Crippen molar-refractivity contribution in [1.29, 1.82) is 0 Å². The van der Waals surface area contributed by atoms with Crippen LogP contribution in [0.15, 0.2) is 42.7 Å². The lowest BCUT2D eigenvalue weighted by Gasteiger charge is -2.07. The van der Waals surface area contributed by atoms with Gasteiger partial charge in [-0.05, 0) is 24.3 Å². The molecule has 0 aliphatic rings. The van der Waals surface area contributed by atoms with Crippen molar-refractivity contribution < 1.29 is 23.1 Å². The molecule has 0 aliphatic carbocycles. The predicted molar refractivity (Wildman–Crippen MR) is 69.5 cm³/mol. The zero-order valence-corrected chi connectivity index (χ0v) is 10.7. The number of anilines is 1. The molecule has 0 spiro atoms. The first-order chi connectivity index (χ1) is 10.1. The minimum atomic E-state index is -0.915. The quantitative estimate of drug-likeness (QED) is 0.877. The highest BCUT2D eigenvalue weighted by molar-refractivity contribution is 5.95. The Kier molecular flexibility index (Phi) is 4.55. The SMILES string of the molecule is O=C(COC(=O)c1cccnc1)Nc1ccc(F)cc1F. The van der Waals surface area contributed by atoms with Crippen LogP contribution in [0.25, 0.3) is 0 Å². The third kappa shape index (κ3) is 4.07. The van der Waals surface area contributed by atoms with Gasteiger partial charge in [0.05, 0.1) is 11.3 Å². The van der Waals surface area contributed by atoms with Crippen molar-refractivity contribution >= 4 is 17.6 Å². The van der Waals surface area contributed by atoms with Gasteiger partial charge in [0, 0.05) is 18.5 Å². The molecule has 0 saturated carbocycles. The molecule has 0 radical (unpaired) electrons. The van der Waals surface area contributed by atoms with Gasteiger partial charge in [0.15, 0.2) is 6.61 Å². The summed E-state index contributed by atoms with van der Waals surface area (Å²) in [4.78, 5) is 26.8. The van der Waals surface area contributed by atoms with Crippen LogP contribution in [0.1, 0.15) is 10.4 Å². The van der Waals surface area contributed by atoms with Crippen LogP contribution in [0.4, 0.5) is 14.5 Å². The number of halogens is 2. The number of hydrogen-bond acceptors (Lipinski definition) is 4. The molecule has 0 fully saturated rings. The second-order valence-corrected chi connectivity index (χ2v) is 3.99. The van der Waals surface area contributed by atoms with Crippen molar-refractivity contribution in [3.63, 3.8) is 0 Å². The lowest BCUT2D eigenvalue weighted by Crippen LogP contribution is -2.21. The van der Waals surface area contributed by atoms with E-state index in [9.17, 15) is 18.4 Å². The van der Waals surface area contributed by atoms with E-state index in [1.165, 1.54) is 18.5 Å². The van der Waals surface area contributed by atoms with Gasteiger partial charge in [0.1, 0.15) is 11.6 Å². The molecule has 0 saturated heterocycles. The van der Waals surface area contributed by atoms with Gasteiger partial charge < -0.3 is 10.1 Å². The number of aromatic nitrogens is 1. The van der Waals surface area contributed by atoms with E-state index >= 15 is 0 Å². The fourth-order valence-electron chi connectivity index (χ4n) is 1.48. The van der Waals surface area contributed by atoms with E-state index < -0.39 is 30.1 Å². The Morgan fingerprint density at radius 1 is 1.24 bits per heavy atom. The topological polar surface area (TPSA) is 68.3 Å². The first-order valence-corrected chi connectivity index (χ1v) is 5.88. The molecule has 1 amide bonds. The molecule has 7 heteroatoms. The molecular weight excluding hydrogens is 282 g/mol. The maximum absolute atomic E-state index is 13.3. The lowest BCUT2D eigenvalue weighted by atomic mass is 10.3. The number of nitrogens with one attached hydrogen (secondary N) is 1. The average Bonchev–Trinajstić information content (AvgIpc) is 2.48. The van der Waals surface area contributed by atoms with Crippen LogP contribution in [-0.4, -0.2) is 23.5 Å². The molecule has 2 rings (SSSR count). The van der Waals surface area contributed by atoms with E-state index in [4.69, 9.17) is 4.74 Å². The Hall–Kier alpha value is -2.83. The number of benzene rings is 1. The number of nitrogens with zero attached hydrogens (tertiary/aromatic N) is 1. The number of hydrogen-bond donors (Lipinski definition) is 1.